The van der Waals surface area contributed by atoms with Crippen molar-refractivity contribution >= 4 is 47.2 Å². The molecule has 0 aromatic heterocycles. The summed E-state index contributed by atoms with van der Waals surface area (Å²) in [6.07, 6.45) is -3.36. The lowest BCUT2D eigenvalue weighted by Crippen LogP contribution is -2.65. The van der Waals surface area contributed by atoms with Crippen LogP contribution in [0.5, 0.6) is 0 Å². The fourth-order valence-corrected chi connectivity index (χ4v) is 8.38. The van der Waals surface area contributed by atoms with Gasteiger partial charge in [-0.2, -0.15) is 0 Å². The van der Waals surface area contributed by atoms with Crippen molar-refractivity contribution in [3.63, 3.8) is 0 Å². The normalized spacial score (nSPS) is 28.3. The Morgan fingerprint density at radius 3 is 2.23 bits per heavy atom. The van der Waals surface area contributed by atoms with Gasteiger partial charge in [0, 0.05) is 51.6 Å². The highest BCUT2D eigenvalue weighted by Crippen LogP contribution is 2.28. The summed E-state index contributed by atoms with van der Waals surface area (Å²) in [4.78, 5) is 104. The average molecular weight is 857 g/mol. The lowest BCUT2D eigenvalue weighted by atomic mass is 10.0. The van der Waals surface area contributed by atoms with E-state index in [2.05, 4.69) is 21.3 Å². The molecule has 330 valence electrons. The molecule has 4 aliphatic rings. The number of hydrogen-bond donors (Lipinski definition) is 5. The Labute approximate surface area is 350 Å². The first-order valence-electron chi connectivity index (χ1n) is 20.2. The monoisotopic (exact) mass is 856 g/mol. The van der Waals surface area contributed by atoms with Crippen LogP contribution in [0.15, 0.2) is 36.4 Å². The Kier molecular flexibility index (Phi) is 13.6. The van der Waals surface area contributed by atoms with E-state index in [0.717, 1.165) is 23.1 Å². The molecule has 2 aromatic carbocycles. The van der Waals surface area contributed by atoms with Crippen LogP contribution in [-0.2, 0) is 39.9 Å². The zero-order chi connectivity index (χ0) is 44.4. The summed E-state index contributed by atoms with van der Waals surface area (Å²) in [5, 5.41) is 20.8. The number of cyclic esters (lactones) is 1. The van der Waals surface area contributed by atoms with E-state index in [1.54, 1.807) is 14.0 Å². The number of anilines is 1. The first-order valence-corrected chi connectivity index (χ1v) is 20.2. The van der Waals surface area contributed by atoms with Crippen LogP contribution in [0.3, 0.4) is 0 Å². The molecule has 6 rings (SSSR count). The molecule has 0 bridgehead atoms. The third kappa shape index (κ3) is 10.2. The minimum atomic E-state index is -1.82. The summed E-state index contributed by atoms with van der Waals surface area (Å²) in [6.45, 7) is 6.47. The number of hydrogen-bond acceptors (Lipinski definition) is 10. The summed E-state index contributed by atoms with van der Waals surface area (Å²) >= 11 is 0. The van der Waals surface area contributed by atoms with E-state index >= 15 is 0 Å². The zero-order valence-corrected chi connectivity index (χ0v) is 34.5. The summed E-state index contributed by atoms with van der Waals surface area (Å²) < 4.78 is 49.2. The standard InChI is InChI=1S/C41H51F3N8O9/c1-20-6-7-29(28(44)10-20)46-41(60)47-30(14-24-12-25(42)15-26(43)13-24)35(54)48-34-23(4)61-40(59)32-11-21(2)17-51(32)37(56)22(3)45-36(55)33-19-49(5)8-9-50(33)38(57)31-16-27(53)18-52(31)39(34)58/h6-7,10,12-13,15,21-23,27,30-34,53H,8-9,11,14,16-19H2,1-5H3,(H,45,55)(H,48,54)(H2,46,47,60)/t21-,22+,23+,27-,30+,31+,32+,33+,34+/m1/s1. The number of likely N-dealkylation sites (N-methyl/N-ethyl adjacent to an activating group) is 1. The molecule has 0 saturated carbocycles. The number of aliphatic hydroxyl groups is 1. The van der Waals surface area contributed by atoms with Crippen LogP contribution in [0.2, 0.25) is 0 Å². The smallest absolute Gasteiger partial charge is 0.329 e. The van der Waals surface area contributed by atoms with Gasteiger partial charge in [-0.05, 0) is 75.5 Å². The minimum absolute atomic E-state index is 0.0623. The molecule has 9 atom stereocenters. The van der Waals surface area contributed by atoms with Crippen LogP contribution < -0.4 is 21.3 Å². The van der Waals surface area contributed by atoms with E-state index in [1.807, 2.05) is 11.8 Å². The highest BCUT2D eigenvalue weighted by atomic mass is 19.1. The van der Waals surface area contributed by atoms with Crippen molar-refractivity contribution in [2.45, 2.75) is 95.4 Å². The van der Waals surface area contributed by atoms with Crippen LogP contribution in [0, 0.1) is 30.3 Å². The van der Waals surface area contributed by atoms with Crippen LogP contribution in [0.4, 0.5) is 23.7 Å². The zero-order valence-electron chi connectivity index (χ0n) is 34.5. The Bertz CT molecular complexity index is 2060. The number of halogens is 3. The number of carbonyl (C=O) groups excluding carboxylic acids is 7. The number of nitrogens with one attached hydrogen (secondary N) is 4. The molecule has 2 aromatic rings. The Balaban J connectivity index is 1.36. The van der Waals surface area contributed by atoms with Gasteiger partial charge >= 0.3 is 12.0 Å². The van der Waals surface area contributed by atoms with Gasteiger partial charge in [-0.1, -0.05) is 13.0 Å². The van der Waals surface area contributed by atoms with E-state index < -0.39 is 114 Å². The fraction of sp³-hybridized carbons (Fsp3) is 0.537. The van der Waals surface area contributed by atoms with Gasteiger partial charge in [-0.3, -0.25) is 24.0 Å². The summed E-state index contributed by atoms with van der Waals surface area (Å²) in [5.41, 5.74) is 0.220. The number of piperazine rings is 1. The molecule has 0 spiro atoms. The van der Waals surface area contributed by atoms with Gasteiger partial charge in [0.25, 0.3) is 0 Å². The number of nitrogens with zero attached hydrogens (tertiary/aromatic N) is 4. The van der Waals surface area contributed by atoms with Gasteiger partial charge in [0.15, 0.2) is 0 Å². The largest absolute Gasteiger partial charge is 0.458 e. The van der Waals surface area contributed by atoms with Crippen molar-refractivity contribution in [1.82, 2.24) is 35.6 Å². The number of fused-ring (bicyclic) bond motifs is 3. The Hall–Kier alpha value is -5.76. The molecule has 7 amide bonds. The third-order valence-electron chi connectivity index (χ3n) is 11.5. The predicted octanol–water partition coefficient (Wildman–Crippen LogP) is 0.421. The van der Waals surface area contributed by atoms with Gasteiger partial charge in [-0.15, -0.1) is 0 Å². The number of esters is 1. The van der Waals surface area contributed by atoms with E-state index in [1.165, 1.54) is 35.8 Å². The SMILES string of the molecule is Cc1ccc(NC(=O)N[C@@H](Cc2cc(F)cc(F)c2)C(=O)N[C@@H]2C(=O)N3C[C@H](O)C[C@H]3C(=O)N3CCN(C)C[C@H]3C(=O)N[C@@H](C)C(=O)N3C[C@H](C)C[C@H]3C(=O)O[C@H]2C)c(F)c1. The highest BCUT2D eigenvalue weighted by Gasteiger charge is 2.49. The number of benzene rings is 2. The second-order valence-corrected chi connectivity index (χ2v) is 16.5. The average Bonchev–Trinajstić information content (AvgIpc) is 3.78. The number of ether oxygens (including phenoxy) is 1. The van der Waals surface area contributed by atoms with Crippen molar-refractivity contribution in [2.24, 2.45) is 5.92 Å². The van der Waals surface area contributed by atoms with E-state index in [4.69, 9.17) is 4.74 Å². The van der Waals surface area contributed by atoms with Gasteiger partial charge in [0.05, 0.1) is 11.8 Å². The van der Waals surface area contributed by atoms with Gasteiger partial charge in [0.1, 0.15) is 59.8 Å². The molecule has 4 fully saturated rings. The molecule has 61 heavy (non-hydrogen) atoms. The van der Waals surface area contributed by atoms with Gasteiger partial charge in [0.2, 0.25) is 29.5 Å². The van der Waals surface area contributed by atoms with E-state index in [-0.39, 0.29) is 56.2 Å². The summed E-state index contributed by atoms with van der Waals surface area (Å²) in [6, 6.07) is -2.90. The molecular formula is C41H51F3N8O9. The number of aryl methyl sites for hydroxylation is 1. The minimum Gasteiger partial charge on any atom is -0.458 e. The van der Waals surface area contributed by atoms with Gasteiger partial charge < -0.3 is 50.7 Å². The number of aliphatic hydroxyl groups excluding tert-OH is 1. The lowest BCUT2D eigenvalue weighted by molar-refractivity contribution is -0.163. The highest BCUT2D eigenvalue weighted by molar-refractivity contribution is 5.99. The predicted molar refractivity (Wildman–Crippen MR) is 211 cm³/mol. The molecule has 4 heterocycles. The summed E-state index contributed by atoms with van der Waals surface area (Å²) in [5.74, 6) is -7.86. The molecule has 0 aliphatic carbocycles. The summed E-state index contributed by atoms with van der Waals surface area (Å²) in [7, 11) is 1.76. The van der Waals surface area contributed by atoms with Crippen molar-refractivity contribution in [3.05, 3.63) is 65.0 Å². The van der Waals surface area contributed by atoms with Crippen LogP contribution >= 0.6 is 0 Å². The molecular weight excluding hydrogens is 805 g/mol. The molecule has 20 heteroatoms. The molecule has 5 N–H and O–H groups in total. The van der Waals surface area contributed by atoms with Crippen molar-refractivity contribution in [2.75, 3.05) is 45.1 Å². The van der Waals surface area contributed by atoms with Gasteiger partial charge in [-0.25, -0.2) is 22.8 Å². The third-order valence-corrected chi connectivity index (χ3v) is 11.5. The molecule has 17 nitrogen and oxygen atoms in total. The van der Waals surface area contributed by atoms with Crippen molar-refractivity contribution in [1.29, 1.82) is 0 Å². The molecule has 4 saturated heterocycles. The van der Waals surface area contributed by atoms with Crippen LogP contribution in [0.1, 0.15) is 44.7 Å². The number of rotatable bonds is 6. The van der Waals surface area contributed by atoms with E-state index in [9.17, 15) is 51.8 Å². The van der Waals surface area contributed by atoms with Crippen LogP contribution in [-0.4, -0.2) is 154 Å². The topological polar surface area (TPSA) is 210 Å². The first-order chi connectivity index (χ1) is 28.8. The molecule has 4 aliphatic heterocycles. The quantitative estimate of drug-likeness (QED) is 0.253. The fourth-order valence-electron chi connectivity index (χ4n) is 8.38. The Morgan fingerprint density at radius 1 is 0.852 bits per heavy atom. The number of urea groups is 1. The maximum Gasteiger partial charge on any atom is 0.329 e. The maximum absolute atomic E-state index is 14.8. The van der Waals surface area contributed by atoms with Crippen molar-refractivity contribution in [3.8, 4) is 0 Å². The maximum atomic E-state index is 14.8. The van der Waals surface area contributed by atoms with E-state index in [0.29, 0.717) is 18.2 Å². The molecule has 0 radical (unpaired) electrons. The number of amides is 7. The van der Waals surface area contributed by atoms with Crippen molar-refractivity contribution < 1.29 is 56.6 Å². The lowest BCUT2D eigenvalue weighted by Gasteiger charge is -2.42. The second-order valence-electron chi connectivity index (χ2n) is 16.5. The van der Waals surface area contributed by atoms with Crippen LogP contribution in [0.25, 0.3) is 0 Å². The number of carbonyl (C=O) groups is 7. The Morgan fingerprint density at radius 2 is 1.54 bits per heavy atom. The second kappa shape index (κ2) is 18.5. The first kappa shape index (κ1) is 44.8. The molecule has 0 unspecified atom stereocenters.